The first-order chi connectivity index (χ1) is 8.92. The van der Waals surface area contributed by atoms with Crippen LogP contribution in [0.5, 0.6) is 0 Å². The molecule has 1 aromatic carbocycles. The lowest BCUT2D eigenvalue weighted by Crippen LogP contribution is -2.32. The molecule has 1 aliphatic rings. The van der Waals surface area contributed by atoms with Crippen LogP contribution in [0.4, 0.5) is 0 Å². The Labute approximate surface area is 107 Å². The van der Waals surface area contributed by atoms with Gasteiger partial charge in [0, 0.05) is 11.6 Å². The minimum Gasteiger partial charge on any atom is -0.373 e. The zero-order chi connectivity index (χ0) is 12.2. The van der Waals surface area contributed by atoms with E-state index in [1.807, 2.05) is 12.3 Å². The number of hydrogen-bond donors (Lipinski definition) is 1. The summed E-state index contributed by atoms with van der Waals surface area (Å²) in [7, 11) is 0. The van der Waals surface area contributed by atoms with Gasteiger partial charge in [-0.2, -0.15) is 0 Å². The molecule has 3 rings (SSSR count). The summed E-state index contributed by atoms with van der Waals surface area (Å²) in [4.78, 5) is 4.32. The Bertz CT molecular complexity index is 521. The van der Waals surface area contributed by atoms with Crippen LogP contribution in [0.1, 0.15) is 18.4 Å². The summed E-state index contributed by atoms with van der Waals surface area (Å²) in [6, 6.07) is 10.4. The van der Waals surface area contributed by atoms with Crippen molar-refractivity contribution in [2.75, 3.05) is 13.1 Å². The van der Waals surface area contributed by atoms with E-state index in [1.54, 1.807) is 0 Å². The van der Waals surface area contributed by atoms with Gasteiger partial charge in [0.05, 0.1) is 18.2 Å². The first-order valence-corrected chi connectivity index (χ1v) is 6.58. The first kappa shape index (κ1) is 11.6. The van der Waals surface area contributed by atoms with E-state index >= 15 is 0 Å². The van der Waals surface area contributed by atoms with Crippen LogP contribution in [0.25, 0.3) is 10.9 Å². The van der Waals surface area contributed by atoms with E-state index < -0.39 is 0 Å². The third-order valence-electron chi connectivity index (χ3n) is 3.44. The van der Waals surface area contributed by atoms with Crippen molar-refractivity contribution in [3.05, 3.63) is 42.1 Å². The highest BCUT2D eigenvalue weighted by Crippen LogP contribution is 2.16. The second-order valence-corrected chi connectivity index (χ2v) is 4.79. The molecular formula is C15H18N2O. The van der Waals surface area contributed by atoms with Gasteiger partial charge in [-0.15, -0.1) is 0 Å². The Morgan fingerprint density at radius 3 is 3.00 bits per heavy atom. The van der Waals surface area contributed by atoms with Gasteiger partial charge in [-0.3, -0.25) is 4.98 Å². The smallest absolute Gasteiger partial charge is 0.0720 e. The third kappa shape index (κ3) is 2.68. The summed E-state index contributed by atoms with van der Waals surface area (Å²) in [5.74, 6) is 0. The van der Waals surface area contributed by atoms with Gasteiger partial charge in [-0.1, -0.05) is 12.1 Å². The number of rotatable bonds is 3. The number of pyridine rings is 1. The lowest BCUT2D eigenvalue weighted by molar-refractivity contribution is 0.0213. The van der Waals surface area contributed by atoms with Crippen molar-refractivity contribution < 1.29 is 4.74 Å². The van der Waals surface area contributed by atoms with Crippen LogP contribution in [0.3, 0.4) is 0 Å². The highest BCUT2D eigenvalue weighted by atomic mass is 16.5. The van der Waals surface area contributed by atoms with Crippen LogP contribution < -0.4 is 5.32 Å². The molecule has 0 radical (unpaired) electrons. The fourth-order valence-electron chi connectivity index (χ4n) is 2.39. The van der Waals surface area contributed by atoms with E-state index in [1.165, 1.54) is 10.9 Å². The molecule has 18 heavy (non-hydrogen) atoms. The lowest BCUT2D eigenvalue weighted by atomic mass is 10.1. The van der Waals surface area contributed by atoms with Crippen molar-refractivity contribution in [1.82, 2.24) is 10.3 Å². The van der Waals surface area contributed by atoms with E-state index in [4.69, 9.17) is 4.74 Å². The molecule has 1 saturated heterocycles. The Kier molecular flexibility index (Phi) is 3.53. The van der Waals surface area contributed by atoms with Crippen LogP contribution in [0.2, 0.25) is 0 Å². The molecule has 0 saturated carbocycles. The largest absolute Gasteiger partial charge is 0.373 e. The zero-order valence-electron chi connectivity index (χ0n) is 10.4. The average Bonchev–Trinajstić information content (AvgIpc) is 2.46. The fraction of sp³-hybridized carbons (Fsp3) is 0.400. The molecule has 0 spiro atoms. The summed E-state index contributed by atoms with van der Waals surface area (Å²) >= 11 is 0. The molecule has 2 heterocycles. The van der Waals surface area contributed by atoms with Gasteiger partial charge < -0.3 is 10.1 Å². The van der Waals surface area contributed by atoms with E-state index in [2.05, 4.69) is 34.6 Å². The molecule has 0 unspecified atom stereocenters. The highest BCUT2D eigenvalue weighted by Gasteiger charge is 2.13. The second kappa shape index (κ2) is 5.46. The maximum atomic E-state index is 5.96. The summed E-state index contributed by atoms with van der Waals surface area (Å²) < 4.78 is 5.96. The minimum absolute atomic E-state index is 0.413. The quantitative estimate of drug-likeness (QED) is 0.898. The van der Waals surface area contributed by atoms with Crippen molar-refractivity contribution >= 4 is 10.9 Å². The molecule has 0 amide bonds. The molecule has 1 fully saturated rings. The second-order valence-electron chi connectivity index (χ2n) is 4.79. The molecule has 2 aromatic rings. The SMILES string of the molecule is c1cnc2ccc(COC3CCNCC3)cc2c1. The van der Waals surface area contributed by atoms with Crippen LogP contribution in [0.15, 0.2) is 36.5 Å². The van der Waals surface area contributed by atoms with Gasteiger partial charge in [0.15, 0.2) is 0 Å². The van der Waals surface area contributed by atoms with Crippen molar-refractivity contribution in [3.63, 3.8) is 0 Å². The van der Waals surface area contributed by atoms with Gasteiger partial charge >= 0.3 is 0 Å². The molecule has 3 heteroatoms. The third-order valence-corrected chi connectivity index (χ3v) is 3.44. The van der Waals surface area contributed by atoms with Crippen LogP contribution in [-0.4, -0.2) is 24.2 Å². The number of ether oxygens (including phenoxy) is 1. The van der Waals surface area contributed by atoms with Crippen molar-refractivity contribution in [2.45, 2.75) is 25.6 Å². The van der Waals surface area contributed by atoms with E-state index in [0.717, 1.165) is 31.4 Å². The summed E-state index contributed by atoms with van der Waals surface area (Å²) in [5, 5.41) is 4.53. The Balaban J connectivity index is 1.66. The van der Waals surface area contributed by atoms with Crippen LogP contribution in [0, 0.1) is 0 Å². The van der Waals surface area contributed by atoms with Gasteiger partial charge in [0.1, 0.15) is 0 Å². The maximum absolute atomic E-state index is 5.96. The number of benzene rings is 1. The molecule has 1 aromatic heterocycles. The standard InChI is InChI=1S/C15H18N2O/c1-2-13-10-12(3-4-15(13)17-7-1)11-18-14-5-8-16-9-6-14/h1-4,7,10,14,16H,5-6,8-9,11H2. The first-order valence-electron chi connectivity index (χ1n) is 6.58. The minimum atomic E-state index is 0.413. The van der Waals surface area contributed by atoms with Gasteiger partial charge in [-0.05, 0) is 49.7 Å². The molecular weight excluding hydrogens is 224 g/mol. The zero-order valence-corrected chi connectivity index (χ0v) is 10.4. The molecule has 0 aliphatic carbocycles. The van der Waals surface area contributed by atoms with Gasteiger partial charge in [0.25, 0.3) is 0 Å². The van der Waals surface area contributed by atoms with Gasteiger partial charge in [0.2, 0.25) is 0 Å². The number of nitrogens with one attached hydrogen (secondary N) is 1. The lowest BCUT2D eigenvalue weighted by Gasteiger charge is -2.23. The number of piperidine rings is 1. The van der Waals surface area contributed by atoms with Crippen LogP contribution >= 0.6 is 0 Å². The van der Waals surface area contributed by atoms with Crippen LogP contribution in [-0.2, 0) is 11.3 Å². The Morgan fingerprint density at radius 1 is 1.22 bits per heavy atom. The highest BCUT2D eigenvalue weighted by molar-refractivity contribution is 5.78. The summed E-state index contributed by atoms with van der Waals surface area (Å²) in [5.41, 5.74) is 2.28. The number of fused-ring (bicyclic) bond motifs is 1. The normalized spacial score (nSPS) is 17.1. The predicted octanol–water partition coefficient (Wildman–Crippen LogP) is 2.50. The molecule has 0 atom stereocenters. The topological polar surface area (TPSA) is 34.1 Å². The molecule has 1 N–H and O–H groups in total. The fourth-order valence-corrected chi connectivity index (χ4v) is 2.39. The number of aromatic nitrogens is 1. The summed E-state index contributed by atoms with van der Waals surface area (Å²) in [6.45, 7) is 2.86. The van der Waals surface area contributed by atoms with Crippen molar-refractivity contribution in [3.8, 4) is 0 Å². The Morgan fingerprint density at radius 2 is 2.11 bits per heavy atom. The monoisotopic (exact) mass is 242 g/mol. The van der Waals surface area contributed by atoms with Crippen molar-refractivity contribution in [2.24, 2.45) is 0 Å². The molecule has 0 bridgehead atoms. The molecule has 1 aliphatic heterocycles. The Hall–Kier alpha value is -1.45. The van der Waals surface area contributed by atoms with E-state index in [0.29, 0.717) is 12.7 Å². The number of nitrogens with zero attached hydrogens (tertiary/aromatic N) is 1. The van der Waals surface area contributed by atoms with Gasteiger partial charge in [-0.25, -0.2) is 0 Å². The number of hydrogen-bond acceptors (Lipinski definition) is 3. The summed E-state index contributed by atoms with van der Waals surface area (Å²) in [6.07, 6.45) is 4.48. The maximum Gasteiger partial charge on any atom is 0.0720 e. The molecule has 3 nitrogen and oxygen atoms in total. The average molecular weight is 242 g/mol. The van der Waals surface area contributed by atoms with E-state index in [9.17, 15) is 0 Å². The van der Waals surface area contributed by atoms with Crippen molar-refractivity contribution in [1.29, 1.82) is 0 Å². The predicted molar refractivity (Wildman–Crippen MR) is 72.4 cm³/mol. The molecule has 94 valence electrons. The van der Waals surface area contributed by atoms with E-state index in [-0.39, 0.29) is 0 Å².